The van der Waals surface area contributed by atoms with Crippen LogP contribution in [0.3, 0.4) is 0 Å². The third-order valence-corrected chi connectivity index (χ3v) is 5.70. The Morgan fingerprint density at radius 1 is 0.962 bits per heavy atom. The van der Waals surface area contributed by atoms with E-state index in [-0.39, 0.29) is 24.4 Å². The van der Waals surface area contributed by atoms with Gasteiger partial charge in [-0.15, -0.1) is 5.10 Å². The van der Waals surface area contributed by atoms with Crippen molar-refractivity contribution in [3.8, 4) is 0 Å². The fourth-order valence-corrected chi connectivity index (χ4v) is 4.17. The van der Waals surface area contributed by atoms with Crippen molar-refractivity contribution >= 4 is 11.8 Å². The fourth-order valence-electron chi connectivity index (χ4n) is 4.17. The molecule has 2 N–H and O–H groups in total. The van der Waals surface area contributed by atoms with Gasteiger partial charge in [-0.25, -0.2) is 4.68 Å². The van der Waals surface area contributed by atoms with Gasteiger partial charge in [0.25, 0.3) is 0 Å². The summed E-state index contributed by atoms with van der Waals surface area (Å²) in [6.45, 7) is 0.932. The summed E-state index contributed by atoms with van der Waals surface area (Å²) >= 11 is 0. The van der Waals surface area contributed by atoms with Crippen molar-refractivity contribution in [1.29, 1.82) is 0 Å². The van der Waals surface area contributed by atoms with Crippen LogP contribution in [0.15, 0.2) is 6.33 Å². The predicted molar refractivity (Wildman–Crippen MR) is 95.9 cm³/mol. The topological polar surface area (TPSA) is 102 Å². The first-order valence-corrected chi connectivity index (χ1v) is 9.96. The minimum Gasteiger partial charge on any atom is -0.356 e. The number of amides is 2. The molecule has 0 unspecified atom stereocenters. The van der Waals surface area contributed by atoms with E-state index in [2.05, 4.69) is 26.2 Å². The second-order valence-electron chi connectivity index (χ2n) is 7.80. The SMILES string of the molecule is O=C(CC1CCCCC1)NCC1CCC(NC(=O)Cn2cnnn2)CC1. The lowest BCUT2D eigenvalue weighted by Crippen LogP contribution is -2.41. The molecule has 2 aliphatic carbocycles. The van der Waals surface area contributed by atoms with Gasteiger partial charge in [0.2, 0.25) is 11.8 Å². The van der Waals surface area contributed by atoms with E-state index in [0.717, 1.165) is 32.2 Å². The lowest BCUT2D eigenvalue weighted by Gasteiger charge is -2.29. The number of nitrogens with one attached hydrogen (secondary N) is 2. The second-order valence-corrected chi connectivity index (χ2v) is 7.80. The summed E-state index contributed by atoms with van der Waals surface area (Å²) in [5, 5.41) is 16.9. The summed E-state index contributed by atoms with van der Waals surface area (Å²) in [7, 11) is 0. The van der Waals surface area contributed by atoms with Crippen LogP contribution in [-0.2, 0) is 16.1 Å². The molecule has 2 aliphatic rings. The van der Waals surface area contributed by atoms with E-state index < -0.39 is 0 Å². The largest absolute Gasteiger partial charge is 0.356 e. The number of rotatable bonds is 7. The molecule has 0 aliphatic heterocycles. The highest BCUT2D eigenvalue weighted by Crippen LogP contribution is 2.27. The van der Waals surface area contributed by atoms with Gasteiger partial charge in [0.1, 0.15) is 12.9 Å². The second kappa shape index (κ2) is 9.64. The lowest BCUT2D eigenvalue weighted by molar-refractivity contribution is -0.123. The highest BCUT2D eigenvalue weighted by Gasteiger charge is 2.23. The molecule has 3 rings (SSSR count). The molecule has 0 saturated heterocycles. The molecular weight excluding hydrogens is 332 g/mol. The Hall–Kier alpha value is -1.99. The number of carbonyl (C=O) groups excluding carboxylic acids is 2. The summed E-state index contributed by atoms with van der Waals surface area (Å²) in [5.74, 6) is 1.28. The van der Waals surface area contributed by atoms with Crippen LogP contribution >= 0.6 is 0 Å². The molecule has 2 amide bonds. The Bertz CT molecular complexity index is 562. The first kappa shape index (κ1) is 18.8. The van der Waals surface area contributed by atoms with Gasteiger partial charge in [-0.3, -0.25) is 9.59 Å². The van der Waals surface area contributed by atoms with Gasteiger partial charge in [0, 0.05) is 19.0 Å². The average Bonchev–Trinajstić information content (AvgIpc) is 3.15. The van der Waals surface area contributed by atoms with Crippen molar-refractivity contribution in [1.82, 2.24) is 30.8 Å². The maximum Gasteiger partial charge on any atom is 0.242 e. The molecule has 0 radical (unpaired) electrons. The van der Waals surface area contributed by atoms with Crippen molar-refractivity contribution < 1.29 is 9.59 Å². The molecule has 8 heteroatoms. The lowest BCUT2D eigenvalue weighted by atomic mass is 9.85. The number of tetrazole rings is 1. The van der Waals surface area contributed by atoms with Crippen LogP contribution in [0.5, 0.6) is 0 Å². The highest BCUT2D eigenvalue weighted by atomic mass is 16.2. The van der Waals surface area contributed by atoms with Crippen molar-refractivity contribution in [3.05, 3.63) is 6.33 Å². The quantitative estimate of drug-likeness (QED) is 0.764. The zero-order valence-corrected chi connectivity index (χ0v) is 15.4. The van der Waals surface area contributed by atoms with Gasteiger partial charge in [-0.05, 0) is 60.8 Å². The minimum absolute atomic E-state index is 0.0541. The van der Waals surface area contributed by atoms with E-state index >= 15 is 0 Å². The highest BCUT2D eigenvalue weighted by molar-refractivity contribution is 5.76. The van der Waals surface area contributed by atoms with Crippen LogP contribution in [-0.4, -0.2) is 44.6 Å². The number of hydrogen-bond acceptors (Lipinski definition) is 5. The third-order valence-electron chi connectivity index (χ3n) is 5.70. The van der Waals surface area contributed by atoms with Crippen molar-refractivity contribution in [2.45, 2.75) is 76.8 Å². The zero-order valence-electron chi connectivity index (χ0n) is 15.4. The Morgan fingerprint density at radius 3 is 2.42 bits per heavy atom. The number of hydrogen-bond donors (Lipinski definition) is 2. The van der Waals surface area contributed by atoms with Gasteiger partial charge in [-0.2, -0.15) is 0 Å². The molecule has 1 aromatic rings. The van der Waals surface area contributed by atoms with Crippen molar-refractivity contribution in [3.63, 3.8) is 0 Å². The molecule has 0 spiro atoms. The van der Waals surface area contributed by atoms with Gasteiger partial charge < -0.3 is 10.6 Å². The smallest absolute Gasteiger partial charge is 0.242 e. The van der Waals surface area contributed by atoms with Gasteiger partial charge >= 0.3 is 0 Å². The molecular formula is C18H30N6O2. The first-order valence-electron chi connectivity index (χ1n) is 9.96. The van der Waals surface area contributed by atoms with E-state index in [1.54, 1.807) is 0 Å². The molecule has 1 heterocycles. The molecule has 144 valence electrons. The Morgan fingerprint density at radius 2 is 1.73 bits per heavy atom. The number of carbonyl (C=O) groups is 2. The summed E-state index contributed by atoms with van der Waals surface area (Å²) < 4.78 is 1.42. The van der Waals surface area contributed by atoms with E-state index in [4.69, 9.17) is 0 Å². The molecule has 26 heavy (non-hydrogen) atoms. The van der Waals surface area contributed by atoms with Gasteiger partial charge in [0.15, 0.2) is 0 Å². The van der Waals surface area contributed by atoms with Crippen LogP contribution < -0.4 is 10.6 Å². The van der Waals surface area contributed by atoms with E-state index in [0.29, 0.717) is 18.3 Å². The summed E-state index contributed by atoms with van der Waals surface area (Å²) in [4.78, 5) is 24.1. The van der Waals surface area contributed by atoms with E-state index in [9.17, 15) is 9.59 Å². The molecule has 2 saturated carbocycles. The van der Waals surface area contributed by atoms with Crippen LogP contribution in [0, 0.1) is 11.8 Å². The van der Waals surface area contributed by atoms with Crippen molar-refractivity contribution in [2.75, 3.05) is 6.54 Å². The maximum absolute atomic E-state index is 12.1. The Kier molecular flexibility index (Phi) is 6.96. The predicted octanol–water partition coefficient (Wildman–Crippen LogP) is 1.43. The summed E-state index contributed by atoms with van der Waals surface area (Å²) in [5.41, 5.74) is 0. The Balaban J connectivity index is 1.28. The molecule has 8 nitrogen and oxygen atoms in total. The molecule has 0 bridgehead atoms. The summed E-state index contributed by atoms with van der Waals surface area (Å²) in [6, 6.07) is 0.216. The van der Waals surface area contributed by atoms with E-state index in [1.165, 1.54) is 43.1 Å². The first-order chi connectivity index (χ1) is 12.7. The van der Waals surface area contributed by atoms with Gasteiger partial charge in [-0.1, -0.05) is 19.3 Å². The average molecular weight is 362 g/mol. The molecule has 1 aromatic heterocycles. The normalized spacial score (nSPS) is 24.2. The minimum atomic E-state index is -0.0541. The molecule has 0 atom stereocenters. The third kappa shape index (κ3) is 6.07. The van der Waals surface area contributed by atoms with Crippen LogP contribution in [0.1, 0.15) is 64.2 Å². The summed E-state index contributed by atoms with van der Waals surface area (Å²) in [6.07, 6.45) is 12.4. The standard InChI is InChI=1S/C18H30N6O2/c25-17(10-14-4-2-1-3-5-14)19-11-15-6-8-16(9-7-15)21-18(26)12-24-13-20-22-23-24/h13-16H,1-12H2,(H,19,25)(H,21,26). The van der Waals surface area contributed by atoms with Crippen LogP contribution in [0.25, 0.3) is 0 Å². The fraction of sp³-hybridized carbons (Fsp3) is 0.833. The molecule has 0 aromatic carbocycles. The van der Waals surface area contributed by atoms with Crippen LogP contribution in [0.4, 0.5) is 0 Å². The maximum atomic E-state index is 12.1. The van der Waals surface area contributed by atoms with E-state index in [1.807, 2.05) is 0 Å². The van der Waals surface area contributed by atoms with Crippen LogP contribution in [0.2, 0.25) is 0 Å². The zero-order chi connectivity index (χ0) is 18.2. The molecule has 2 fully saturated rings. The monoisotopic (exact) mass is 362 g/mol. The van der Waals surface area contributed by atoms with Crippen molar-refractivity contribution in [2.24, 2.45) is 11.8 Å². The van der Waals surface area contributed by atoms with Gasteiger partial charge in [0.05, 0.1) is 0 Å². The number of aromatic nitrogens is 4. The Labute approximate surface area is 154 Å². The number of nitrogens with zero attached hydrogens (tertiary/aromatic N) is 4.